The molecule has 0 aliphatic heterocycles. The quantitative estimate of drug-likeness (QED) is 0.891. The zero-order chi connectivity index (χ0) is 13.0. The molecule has 18 heavy (non-hydrogen) atoms. The van der Waals surface area contributed by atoms with E-state index in [0.29, 0.717) is 0 Å². The van der Waals surface area contributed by atoms with E-state index in [1.165, 1.54) is 11.3 Å². The van der Waals surface area contributed by atoms with Crippen molar-refractivity contribution in [2.24, 2.45) is 0 Å². The Hall–Kier alpha value is -2.03. The molecule has 1 aromatic carbocycles. The number of aryl methyl sites for hydroxylation is 1. The van der Waals surface area contributed by atoms with E-state index < -0.39 is 0 Å². The lowest BCUT2D eigenvalue weighted by Gasteiger charge is -2.21. The molecule has 2 rings (SSSR count). The van der Waals surface area contributed by atoms with E-state index in [1.54, 1.807) is 0 Å². The summed E-state index contributed by atoms with van der Waals surface area (Å²) in [5.74, 6) is 0.908. The van der Waals surface area contributed by atoms with Gasteiger partial charge in [-0.25, -0.2) is 4.98 Å². The van der Waals surface area contributed by atoms with Crippen LogP contribution in [0.25, 0.3) is 0 Å². The van der Waals surface area contributed by atoms with Crippen molar-refractivity contribution in [1.82, 2.24) is 4.98 Å². The molecule has 94 valence electrons. The minimum atomic E-state index is 0.806. The highest BCUT2D eigenvalue weighted by atomic mass is 15.1. The number of rotatable bonds is 4. The summed E-state index contributed by atoms with van der Waals surface area (Å²) in [5, 5.41) is 3.06. The fraction of sp³-hybridized carbons (Fsp3) is 0.267. The number of para-hydroxylation sites is 1. The van der Waals surface area contributed by atoms with Crippen molar-refractivity contribution in [3.8, 4) is 0 Å². The molecular formula is C15H19N3. The number of anilines is 2. The molecule has 1 heterocycles. The normalized spacial score (nSPS) is 10.2. The van der Waals surface area contributed by atoms with Crippen molar-refractivity contribution >= 4 is 11.5 Å². The predicted molar refractivity (Wildman–Crippen MR) is 77.1 cm³/mol. The average Bonchev–Trinajstić information content (AvgIpc) is 2.39. The molecule has 0 bridgehead atoms. The lowest BCUT2D eigenvalue weighted by Crippen LogP contribution is -2.18. The number of nitrogens with one attached hydrogen (secondary N) is 1. The van der Waals surface area contributed by atoms with Gasteiger partial charge in [0.2, 0.25) is 0 Å². The van der Waals surface area contributed by atoms with Crippen molar-refractivity contribution in [3.05, 3.63) is 53.7 Å². The number of pyridine rings is 1. The third-order valence-corrected chi connectivity index (χ3v) is 2.99. The van der Waals surface area contributed by atoms with Gasteiger partial charge in [-0.3, -0.25) is 0 Å². The minimum absolute atomic E-state index is 0.806. The van der Waals surface area contributed by atoms with Gasteiger partial charge < -0.3 is 10.2 Å². The summed E-state index contributed by atoms with van der Waals surface area (Å²) in [5.41, 5.74) is 3.59. The van der Waals surface area contributed by atoms with Gasteiger partial charge in [0.05, 0.1) is 12.2 Å². The maximum absolute atomic E-state index is 4.53. The van der Waals surface area contributed by atoms with Crippen LogP contribution < -0.4 is 10.2 Å². The molecule has 0 unspecified atom stereocenters. The Labute approximate surface area is 108 Å². The summed E-state index contributed by atoms with van der Waals surface area (Å²) in [4.78, 5) is 6.75. The van der Waals surface area contributed by atoms with Gasteiger partial charge in [-0.15, -0.1) is 0 Å². The van der Waals surface area contributed by atoms with E-state index in [4.69, 9.17) is 0 Å². The van der Waals surface area contributed by atoms with E-state index in [-0.39, 0.29) is 0 Å². The fourth-order valence-electron chi connectivity index (χ4n) is 2.03. The Bertz CT molecular complexity index is 523. The summed E-state index contributed by atoms with van der Waals surface area (Å²) in [6, 6.07) is 14.4. The van der Waals surface area contributed by atoms with Gasteiger partial charge in [0.25, 0.3) is 0 Å². The highest BCUT2D eigenvalue weighted by Crippen LogP contribution is 2.19. The number of aromatic nitrogens is 1. The summed E-state index contributed by atoms with van der Waals surface area (Å²) < 4.78 is 0. The molecule has 0 atom stereocenters. The monoisotopic (exact) mass is 241 g/mol. The number of benzene rings is 1. The van der Waals surface area contributed by atoms with Crippen LogP contribution >= 0.6 is 0 Å². The first kappa shape index (κ1) is 12.4. The zero-order valence-electron chi connectivity index (χ0n) is 11.1. The van der Waals surface area contributed by atoms with Crippen molar-refractivity contribution in [2.75, 3.05) is 24.3 Å². The Morgan fingerprint density at radius 2 is 1.89 bits per heavy atom. The van der Waals surface area contributed by atoms with Crippen molar-refractivity contribution in [1.29, 1.82) is 0 Å². The topological polar surface area (TPSA) is 28.2 Å². The zero-order valence-corrected chi connectivity index (χ0v) is 11.1. The van der Waals surface area contributed by atoms with Crippen molar-refractivity contribution < 1.29 is 0 Å². The van der Waals surface area contributed by atoms with Crippen LogP contribution in [0.2, 0.25) is 0 Å². The highest BCUT2D eigenvalue weighted by Gasteiger charge is 2.05. The second kappa shape index (κ2) is 5.54. The van der Waals surface area contributed by atoms with Crippen LogP contribution in [0.15, 0.2) is 42.5 Å². The molecule has 0 saturated carbocycles. The largest absolute Gasteiger partial charge is 0.373 e. The predicted octanol–water partition coefficient (Wildman–Crippen LogP) is 3.07. The van der Waals surface area contributed by atoms with Crippen LogP contribution in [-0.4, -0.2) is 19.1 Å². The van der Waals surface area contributed by atoms with Crippen LogP contribution in [0.4, 0.5) is 11.5 Å². The molecule has 0 saturated heterocycles. The molecule has 0 spiro atoms. The number of hydrogen-bond acceptors (Lipinski definition) is 3. The summed E-state index contributed by atoms with van der Waals surface area (Å²) >= 11 is 0. The minimum Gasteiger partial charge on any atom is -0.373 e. The maximum Gasteiger partial charge on any atom is 0.126 e. The van der Waals surface area contributed by atoms with Gasteiger partial charge in [0, 0.05) is 19.8 Å². The summed E-state index contributed by atoms with van der Waals surface area (Å²) in [6.45, 7) is 2.93. The standard InChI is InChI=1S/C15H19N3/c1-12-7-4-5-9-14(12)18(3)11-13-8-6-10-15(16-2)17-13/h4-10H,11H2,1-3H3,(H,16,17). The van der Waals surface area contributed by atoms with Crippen LogP contribution in [0.5, 0.6) is 0 Å². The molecule has 3 nitrogen and oxygen atoms in total. The molecule has 0 amide bonds. The molecule has 2 aromatic rings. The average molecular weight is 241 g/mol. The smallest absolute Gasteiger partial charge is 0.126 e. The number of hydrogen-bond donors (Lipinski definition) is 1. The highest BCUT2D eigenvalue weighted by molar-refractivity contribution is 5.52. The van der Waals surface area contributed by atoms with Crippen molar-refractivity contribution in [2.45, 2.75) is 13.5 Å². The maximum atomic E-state index is 4.53. The molecule has 3 heteroatoms. The second-order valence-corrected chi connectivity index (χ2v) is 4.41. The first-order valence-corrected chi connectivity index (χ1v) is 6.11. The molecule has 1 aromatic heterocycles. The first-order chi connectivity index (χ1) is 8.70. The van der Waals surface area contributed by atoms with E-state index in [9.17, 15) is 0 Å². The van der Waals surface area contributed by atoms with Crippen LogP contribution in [0, 0.1) is 6.92 Å². The molecular weight excluding hydrogens is 222 g/mol. The molecule has 0 fully saturated rings. The lowest BCUT2D eigenvalue weighted by atomic mass is 10.2. The number of nitrogens with zero attached hydrogens (tertiary/aromatic N) is 2. The third-order valence-electron chi connectivity index (χ3n) is 2.99. The van der Waals surface area contributed by atoms with Crippen molar-refractivity contribution in [3.63, 3.8) is 0 Å². The first-order valence-electron chi connectivity index (χ1n) is 6.11. The molecule has 1 N–H and O–H groups in total. The van der Waals surface area contributed by atoms with Gasteiger partial charge in [0.15, 0.2) is 0 Å². The third kappa shape index (κ3) is 2.80. The Kier molecular flexibility index (Phi) is 3.82. The van der Waals surface area contributed by atoms with Crippen LogP contribution in [-0.2, 0) is 6.54 Å². The van der Waals surface area contributed by atoms with Gasteiger partial charge >= 0.3 is 0 Å². The van der Waals surface area contributed by atoms with E-state index >= 15 is 0 Å². The van der Waals surface area contributed by atoms with Gasteiger partial charge in [0.1, 0.15) is 5.82 Å². The SMILES string of the molecule is CNc1cccc(CN(C)c2ccccc2C)n1. The Morgan fingerprint density at radius 1 is 1.11 bits per heavy atom. The van der Waals surface area contributed by atoms with Gasteiger partial charge in [-0.05, 0) is 30.7 Å². The summed E-state index contributed by atoms with van der Waals surface area (Å²) in [6.07, 6.45) is 0. The molecule has 0 radical (unpaired) electrons. The summed E-state index contributed by atoms with van der Waals surface area (Å²) in [7, 11) is 3.98. The lowest BCUT2D eigenvalue weighted by molar-refractivity contribution is 0.882. The van der Waals surface area contributed by atoms with E-state index in [1.807, 2.05) is 19.2 Å². The van der Waals surface area contributed by atoms with Crippen LogP contribution in [0.1, 0.15) is 11.3 Å². The molecule has 0 aliphatic carbocycles. The van der Waals surface area contributed by atoms with Crippen LogP contribution in [0.3, 0.4) is 0 Å². The van der Waals surface area contributed by atoms with E-state index in [0.717, 1.165) is 18.1 Å². The molecule has 0 aliphatic rings. The Morgan fingerprint density at radius 3 is 2.61 bits per heavy atom. The fourth-order valence-corrected chi connectivity index (χ4v) is 2.03. The Balaban J connectivity index is 2.16. The van der Waals surface area contributed by atoms with Gasteiger partial charge in [-0.2, -0.15) is 0 Å². The van der Waals surface area contributed by atoms with E-state index in [2.05, 4.69) is 59.5 Å². The van der Waals surface area contributed by atoms with Gasteiger partial charge in [-0.1, -0.05) is 24.3 Å². The second-order valence-electron chi connectivity index (χ2n) is 4.41.